The van der Waals surface area contributed by atoms with E-state index in [4.69, 9.17) is 9.63 Å². The van der Waals surface area contributed by atoms with Gasteiger partial charge in [0.25, 0.3) is 0 Å². The maximum Gasteiger partial charge on any atom is 0.401 e. The number of rotatable bonds is 6. The van der Waals surface area contributed by atoms with Crippen molar-refractivity contribution < 1.29 is 22.8 Å². The van der Waals surface area contributed by atoms with E-state index in [-0.39, 0.29) is 37.4 Å². The van der Waals surface area contributed by atoms with E-state index in [0.29, 0.717) is 5.89 Å². The Kier molecular flexibility index (Phi) is 5.52. The third-order valence-electron chi connectivity index (χ3n) is 2.51. The van der Waals surface area contributed by atoms with Gasteiger partial charge in [0.2, 0.25) is 5.89 Å². The van der Waals surface area contributed by atoms with Gasteiger partial charge in [0.1, 0.15) is 0 Å². The van der Waals surface area contributed by atoms with Crippen LogP contribution in [0.4, 0.5) is 13.2 Å². The van der Waals surface area contributed by atoms with Crippen LogP contribution < -0.4 is 0 Å². The molecule has 0 spiro atoms. The topological polar surface area (TPSA) is 62.4 Å². The molecule has 116 valence electrons. The number of aliphatic hydroxyl groups excluding tert-OH is 1. The summed E-state index contributed by atoms with van der Waals surface area (Å²) in [4.78, 5) is 5.26. The predicted octanol–water partition coefficient (Wildman–Crippen LogP) is 2.11. The molecule has 5 nitrogen and oxygen atoms in total. The highest BCUT2D eigenvalue weighted by molar-refractivity contribution is 4.98. The van der Waals surface area contributed by atoms with E-state index in [1.165, 1.54) is 0 Å². The first-order valence-electron chi connectivity index (χ1n) is 6.35. The van der Waals surface area contributed by atoms with Crippen molar-refractivity contribution in [2.75, 3.05) is 19.7 Å². The van der Waals surface area contributed by atoms with Crippen LogP contribution in [0, 0.1) is 0 Å². The zero-order chi connectivity index (χ0) is 15.4. The quantitative estimate of drug-likeness (QED) is 0.871. The van der Waals surface area contributed by atoms with Crippen LogP contribution in [0.2, 0.25) is 0 Å². The molecule has 0 radical (unpaired) electrons. The summed E-state index contributed by atoms with van der Waals surface area (Å²) in [6, 6.07) is 0. The van der Waals surface area contributed by atoms with Gasteiger partial charge in [-0.2, -0.15) is 18.2 Å². The summed E-state index contributed by atoms with van der Waals surface area (Å²) >= 11 is 0. The summed E-state index contributed by atoms with van der Waals surface area (Å²) < 4.78 is 42.4. The lowest BCUT2D eigenvalue weighted by Gasteiger charge is -2.21. The van der Waals surface area contributed by atoms with Crippen molar-refractivity contribution in [1.82, 2.24) is 15.0 Å². The highest BCUT2D eigenvalue weighted by Gasteiger charge is 2.31. The van der Waals surface area contributed by atoms with Crippen molar-refractivity contribution in [3.8, 4) is 0 Å². The average Bonchev–Trinajstić information content (AvgIpc) is 2.72. The molecule has 0 saturated heterocycles. The summed E-state index contributed by atoms with van der Waals surface area (Å²) in [7, 11) is 0. The highest BCUT2D eigenvalue weighted by Crippen LogP contribution is 2.21. The molecule has 0 bridgehead atoms. The lowest BCUT2D eigenvalue weighted by atomic mass is 9.97. The van der Waals surface area contributed by atoms with Crippen molar-refractivity contribution in [3.05, 3.63) is 11.7 Å². The molecule has 0 saturated carbocycles. The number of alkyl halides is 3. The standard InChI is InChI=1S/C12H20F3N3O2/c1-11(2,3)10-16-9(17-20-10)7-18(5-4-6-19)8-12(13,14)15/h19H,4-8H2,1-3H3. The van der Waals surface area contributed by atoms with E-state index in [2.05, 4.69) is 10.1 Å². The van der Waals surface area contributed by atoms with E-state index >= 15 is 0 Å². The Hall–Kier alpha value is -1.15. The van der Waals surface area contributed by atoms with Gasteiger partial charge in [-0.3, -0.25) is 4.90 Å². The molecule has 0 atom stereocenters. The van der Waals surface area contributed by atoms with Gasteiger partial charge < -0.3 is 9.63 Å². The lowest BCUT2D eigenvalue weighted by molar-refractivity contribution is -0.147. The van der Waals surface area contributed by atoms with E-state index < -0.39 is 12.7 Å². The van der Waals surface area contributed by atoms with Crippen molar-refractivity contribution >= 4 is 0 Å². The summed E-state index contributed by atoms with van der Waals surface area (Å²) in [5.41, 5.74) is -0.342. The summed E-state index contributed by atoms with van der Waals surface area (Å²) in [5.74, 6) is 0.610. The fraction of sp³-hybridized carbons (Fsp3) is 0.833. The van der Waals surface area contributed by atoms with Gasteiger partial charge in [-0.25, -0.2) is 0 Å². The van der Waals surface area contributed by atoms with Crippen LogP contribution in [0.1, 0.15) is 38.9 Å². The normalized spacial score (nSPS) is 13.2. The number of hydrogen-bond donors (Lipinski definition) is 1. The van der Waals surface area contributed by atoms with Gasteiger partial charge in [0.05, 0.1) is 13.1 Å². The van der Waals surface area contributed by atoms with Crippen LogP contribution in [0.3, 0.4) is 0 Å². The van der Waals surface area contributed by atoms with Crippen molar-refractivity contribution in [2.24, 2.45) is 0 Å². The molecule has 0 aliphatic heterocycles. The van der Waals surface area contributed by atoms with Gasteiger partial charge in [0, 0.05) is 18.6 Å². The lowest BCUT2D eigenvalue weighted by Crippen LogP contribution is -2.35. The number of aromatic nitrogens is 2. The minimum atomic E-state index is -4.30. The third-order valence-corrected chi connectivity index (χ3v) is 2.51. The predicted molar refractivity (Wildman–Crippen MR) is 66.0 cm³/mol. The van der Waals surface area contributed by atoms with Crippen molar-refractivity contribution in [2.45, 2.75) is 45.3 Å². The second kappa shape index (κ2) is 6.53. The Labute approximate surface area is 115 Å². The number of hydrogen-bond acceptors (Lipinski definition) is 5. The number of halogens is 3. The summed E-state index contributed by atoms with van der Waals surface area (Å²) in [5, 5.41) is 12.4. The maximum absolute atomic E-state index is 12.5. The first-order valence-corrected chi connectivity index (χ1v) is 6.35. The van der Waals surface area contributed by atoms with Gasteiger partial charge in [-0.15, -0.1) is 0 Å². The van der Waals surface area contributed by atoms with E-state index in [1.54, 1.807) is 0 Å². The minimum Gasteiger partial charge on any atom is -0.396 e. The molecule has 1 heterocycles. The van der Waals surface area contributed by atoms with Crippen LogP contribution >= 0.6 is 0 Å². The zero-order valence-corrected chi connectivity index (χ0v) is 11.9. The molecule has 8 heteroatoms. The Bertz CT molecular complexity index is 413. The molecule has 1 rings (SSSR count). The molecule has 0 fully saturated rings. The van der Waals surface area contributed by atoms with E-state index in [0.717, 1.165) is 4.90 Å². The molecule has 0 aliphatic rings. The average molecular weight is 295 g/mol. The Morgan fingerprint density at radius 1 is 1.25 bits per heavy atom. The van der Waals surface area contributed by atoms with Crippen molar-refractivity contribution in [1.29, 1.82) is 0 Å². The van der Waals surface area contributed by atoms with Crippen LogP contribution in [0.15, 0.2) is 4.52 Å². The van der Waals surface area contributed by atoms with E-state index in [9.17, 15) is 13.2 Å². The van der Waals surface area contributed by atoms with Gasteiger partial charge >= 0.3 is 6.18 Å². The summed E-state index contributed by atoms with van der Waals surface area (Å²) in [6.45, 7) is 4.48. The molecule has 0 aliphatic carbocycles. The molecule has 20 heavy (non-hydrogen) atoms. The first kappa shape index (κ1) is 16.9. The Morgan fingerprint density at radius 2 is 1.90 bits per heavy atom. The smallest absolute Gasteiger partial charge is 0.396 e. The molecule has 0 amide bonds. The monoisotopic (exact) mass is 295 g/mol. The van der Waals surface area contributed by atoms with Crippen molar-refractivity contribution in [3.63, 3.8) is 0 Å². The van der Waals surface area contributed by atoms with Crippen LogP contribution in [-0.2, 0) is 12.0 Å². The molecule has 1 aromatic heterocycles. The van der Waals surface area contributed by atoms with Gasteiger partial charge in [-0.1, -0.05) is 25.9 Å². The number of nitrogens with zero attached hydrogens (tertiary/aromatic N) is 3. The van der Waals surface area contributed by atoms with Crippen LogP contribution in [0.5, 0.6) is 0 Å². The third kappa shape index (κ3) is 5.87. The Morgan fingerprint density at radius 3 is 2.35 bits per heavy atom. The van der Waals surface area contributed by atoms with E-state index in [1.807, 2.05) is 20.8 Å². The first-order chi connectivity index (χ1) is 9.12. The molecule has 0 aromatic carbocycles. The maximum atomic E-state index is 12.5. The summed E-state index contributed by atoms with van der Waals surface area (Å²) in [6.07, 6.45) is -4.04. The molecular formula is C12H20F3N3O2. The van der Waals surface area contributed by atoms with Gasteiger partial charge in [0.15, 0.2) is 5.82 Å². The minimum absolute atomic E-state index is 0.0565. The molecule has 1 N–H and O–H groups in total. The van der Waals surface area contributed by atoms with Crippen LogP contribution in [-0.4, -0.2) is 46.0 Å². The number of aliphatic hydroxyl groups is 1. The molecular weight excluding hydrogens is 275 g/mol. The molecule has 0 unspecified atom stereocenters. The highest BCUT2D eigenvalue weighted by atomic mass is 19.4. The second-order valence-corrected chi connectivity index (χ2v) is 5.67. The van der Waals surface area contributed by atoms with Crippen LogP contribution in [0.25, 0.3) is 0 Å². The SMILES string of the molecule is CC(C)(C)c1nc(CN(CCCO)CC(F)(F)F)no1. The zero-order valence-electron chi connectivity index (χ0n) is 11.9. The largest absolute Gasteiger partial charge is 0.401 e. The molecule has 1 aromatic rings. The fourth-order valence-electron chi connectivity index (χ4n) is 1.58. The fourth-order valence-corrected chi connectivity index (χ4v) is 1.58. The second-order valence-electron chi connectivity index (χ2n) is 5.67. The van der Waals surface area contributed by atoms with Gasteiger partial charge in [-0.05, 0) is 6.42 Å². The Balaban J connectivity index is 2.71.